The first-order chi connectivity index (χ1) is 10.7. The molecule has 1 atom stereocenters. The number of aliphatic hydroxyl groups is 1. The van der Waals surface area contributed by atoms with Crippen LogP contribution >= 0.6 is 0 Å². The van der Waals surface area contributed by atoms with E-state index in [0.717, 1.165) is 4.31 Å². The van der Waals surface area contributed by atoms with Gasteiger partial charge in [0, 0.05) is 12.6 Å². The van der Waals surface area contributed by atoms with Crippen molar-refractivity contribution in [2.45, 2.75) is 19.4 Å². The molecule has 2 rings (SSSR count). The summed E-state index contributed by atoms with van der Waals surface area (Å²) in [6.07, 6.45) is 0. The molecule has 8 heteroatoms. The zero-order chi connectivity index (χ0) is 17.4. The summed E-state index contributed by atoms with van der Waals surface area (Å²) in [5.74, 6) is -1.35. The topological polar surface area (TPSA) is 93.1 Å². The number of ether oxygens (including phenoxy) is 2. The predicted molar refractivity (Wildman–Crippen MR) is 83.3 cm³/mol. The van der Waals surface area contributed by atoms with Crippen molar-refractivity contribution in [3.05, 3.63) is 41.5 Å². The number of carbonyl (C=O) groups excluding carboxylic acids is 1. The van der Waals surface area contributed by atoms with Gasteiger partial charge in [0.05, 0.1) is 12.9 Å². The normalized spacial score (nSPS) is 21.3. The number of Topliss-reactive ketones (excluding diaryl/α,β-unsaturated/α-hetero) is 1. The van der Waals surface area contributed by atoms with Gasteiger partial charge in [-0.15, -0.1) is 0 Å². The molecule has 0 bridgehead atoms. The number of carbonyl (C=O) groups is 1. The molecule has 1 aromatic carbocycles. The summed E-state index contributed by atoms with van der Waals surface area (Å²) in [5.41, 5.74) is -1.02. The Labute approximate surface area is 135 Å². The van der Waals surface area contributed by atoms with Crippen molar-refractivity contribution in [1.29, 1.82) is 0 Å². The minimum atomic E-state index is -3.66. The van der Waals surface area contributed by atoms with Crippen molar-refractivity contribution in [2.24, 2.45) is 0 Å². The maximum Gasteiger partial charge on any atom is 0.251 e. The molecule has 1 unspecified atom stereocenters. The van der Waals surface area contributed by atoms with Gasteiger partial charge in [0.2, 0.25) is 15.8 Å². The molecule has 1 N–H and O–H groups in total. The maximum atomic E-state index is 12.4. The number of sulfonamides is 1. The lowest BCUT2D eigenvalue weighted by atomic mass is 9.91. The number of aliphatic hydroxyl groups excluding tert-OH is 1. The Morgan fingerprint density at radius 1 is 1.30 bits per heavy atom. The molecule has 0 saturated carbocycles. The lowest BCUT2D eigenvalue weighted by molar-refractivity contribution is -0.132. The molecule has 0 fully saturated rings. The van der Waals surface area contributed by atoms with Crippen LogP contribution in [-0.4, -0.2) is 43.5 Å². The zero-order valence-corrected chi connectivity index (χ0v) is 14.2. The van der Waals surface area contributed by atoms with Crippen LogP contribution in [0.4, 0.5) is 0 Å². The number of rotatable bonds is 5. The van der Waals surface area contributed by atoms with Crippen LogP contribution in [0.25, 0.3) is 0 Å². The highest BCUT2D eigenvalue weighted by Gasteiger charge is 2.50. The molecule has 7 nitrogen and oxygen atoms in total. The summed E-state index contributed by atoms with van der Waals surface area (Å²) in [6.45, 7) is 2.94. The Balaban J connectivity index is 2.40. The quantitative estimate of drug-likeness (QED) is 0.873. The molecular weight excluding hydrogens is 322 g/mol. The Kier molecular flexibility index (Phi) is 4.30. The van der Waals surface area contributed by atoms with Crippen molar-refractivity contribution in [3.8, 4) is 5.75 Å². The van der Waals surface area contributed by atoms with Crippen LogP contribution in [0.5, 0.6) is 5.75 Å². The zero-order valence-electron chi connectivity index (χ0n) is 13.4. The van der Waals surface area contributed by atoms with Gasteiger partial charge in [-0.25, -0.2) is 12.7 Å². The minimum absolute atomic E-state index is 0.183. The summed E-state index contributed by atoms with van der Waals surface area (Å²) in [7, 11) is -0.911. The Bertz CT molecular complexity index is 753. The second-order valence-electron chi connectivity index (χ2n) is 5.21. The van der Waals surface area contributed by atoms with Crippen molar-refractivity contribution in [2.75, 3.05) is 19.9 Å². The van der Waals surface area contributed by atoms with E-state index >= 15 is 0 Å². The molecule has 0 radical (unpaired) electrons. The third-order valence-electron chi connectivity index (χ3n) is 3.86. The van der Waals surface area contributed by atoms with E-state index in [1.807, 2.05) is 0 Å². The van der Waals surface area contributed by atoms with Crippen molar-refractivity contribution in [1.82, 2.24) is 4.31 Å². The lowest BCUT2D eigenvalue weighted by Crippen LogP contribution is -2.33. The van der Waals surface area contributed by atoms with E-state index in [4.69, 9.17) is 9.47 Å². The Morgan fingerprint density at radius 3 is 2.35 bits per heavy atom. The summed E-state index contributed by atoms with van der Waals surface area (Å²) < 4.78 is 35.3. The average Bonchev–Trinajstić information content (AvgIpc) is 2.79. The van der Waals surface area contributed by atoms with Gasteiger partial charge in [-0.1, -0.05) is 12.1 Å². The van der Waals surface area contributed by atoms with E-state index in [1.54, 1.807) is 24.3 Å². The smallest absolute Gasteiger partial charge is 0.251 e. The molecule has 0 aromatic heterocycles. The van der Waals surface area contributed by atoms with E-state index in [0.29, 0.717) is 11.3 Å². The first-order valence-corrected chi connectivity index (χ1v) is 8.56. The molecule has 1 aliphatic heterocycles. The highest BCUT2D eigenvalue weighted by Crippen LogP contribution is 2.39. The summed E-state index contributed by atoms with van der Waals surface area (Å²) in [4.78, 5) is 12.4. The molecule has 0 saturated heterocycles. The second-order valence-corrected chi connectivity index (χ2v) is 7.50. The Hall–Kier alpha value is -2.22. The fourth-order valence-electron chi connectivity index (χ4n) is 2.24. The first-order valence-electron chi connectivity index (χ1n) is 6.95. The highest BCUT2D eigenvalue weighted by atomic mass is 32.2. The van der Waals surface area contributed by atoms with Crippen LogP contribution in [-0.2, 0) is 25.2 Å². The number of hydrogen-bond donors (Lipinski definition) is 1. The summed E-state index contributed by atoms with van der Waals surface area (Å²) >= 11 is 0. The van der Waals surface area contributed by atoms with Gasteiger partial charge >= 0.3 is 0 Å². The molecule has 126 valence electrons. The van der Waals surface area contributed by atoms with Gasteiger partial charge < -0.3 is 14.6 Å². The molecule has 0 amide bonds. The van der Waals surface area contributed by atoms with E-state index in [-0.39, 0.29) is 11.6 Å². The van der Waals surface area contributed by atoms with Crippen molar-refractivity contribution in [3.63, 3.8) is 0 Å². The predicted octanol–water partition coefficient (Wildman–Crippen LogP) is 1.52. The van der Waals surface area contributed by atoms with Crippen LogP contribution in [0.15, 0.2) is 35.9 Å². The van der Waals surface area contributed by atoms with Crippen LogP contribution in [0.2, 0.25) is 0 Å². The second kappa shape index (κ2) is 5.77. The van der Waals surface area contributed by atoms with Gasteiger partial charge in [0.15, 0.2) is 5.60 Å². The van der Waals surface area contributed by atoms with Crippen LogP contribution in [0.3, 0.4) is 0 Å². The minimum Gasteiger partial charge on any atom is -0.501 e. The van der Waals surface area contributed by atoms with Crippen molar-refractivity contribution < 1.29 is 27.8 Å². The van der Waals surface area contributed by atoms with Crippen LogP contribution < -0.4 is 4.74 Å². The SMILES string of the molecule is CCS(=O)(=O)N(C)C1=C(O)C(=O)C(C)(c2ccc(OC)cc2)O1. The monoisotopic (exact) mass is 341 g/mol. The van der Waals surface area contributed by atoms with E-state index < -0.39 is 27.2 Å². The third-order valence-corrected chi connectivity index (χ3v) is 5.59. The third kappa shape index (κ3) is 2.74. The number of benzene rings is 1. The molecular formula is C15H19NO6S. The molecule has 1 aromatic rings. The molecule has 23 heavy (non-hydrogen) atoms. The fraction of sp³-hybridized carbons (Fsp3) is 0.400. The average molecular weight is 341 g/mol. The largest absolute Gasteiger partial charge is 0.501 e. The summed E-state index contributed by atoms with van der Waals surface area (Å²) in [5, 5.41) is 10.1. The Morgan fingerprint density at radius 2 is 1.87 bits per heavy atom. The van der Waals surface area contributed by atoms with Gasteiger partial charge in [-0.3, -0.25) is 4.79 Å². The van der Waals surface area contributed by atoms with Crippen LogP contribution in [0.1, 0.15) is 19.4 Å². The van der Waals surface area contributed by atoms with E-state index in [1.165, 1.54) is 28.0 Å². The first kappa shape index (κ1) is 17.1. The number of hydrogen-bond acceptors (Lipinski definition) is 6. The van der Waals surface area contributed by atoms with Gasteiger partial charge in [0.25, 0.3) is 11.7 Å². The number of ketones is 1. The summed E-state index contributed by atoms with van der Waals surface area (Å²) in [6, 6.07) is 6.56. The highest BCUT2D eigenvalue weighted by molar-refractivity contribution is 7.89. The maximum absolute atomic E-state index is 12.4. The molecule has 1 heterocycles. The molecule has 0 aliphatic carbocycles. The van der Waals surface area contributed by atoms with Gasteiger partial charge in [-0.05, 0) is 26.0 Å². The fourth-order valence-corrected chi connectivity index (χ4v) is 3.01. The molecule has 1 aliphatic rings. The number of methoxy groups -OCH3 is 1. The standard InChI is InChI=1S/C15H19NO6S/c1-5-23(19,20)16(3)14-12(17)13(18)15(2,22-14)10-6-8-11(21-4)9-7-10/h6-9,17H,5H2,1-4H3. The van der Waals surface area contributed by atoms with E-state index in [9.17, 15) is 18.3 Å². The van der Waals surface area contributed by atoms with E-state index in [2.05, 4.69) is 0 Å². The number of nitrogens with zero attached hydrogens (tertiary/aromatic N) is 1. The van der Waals surface area contributed by atoms with Crippen LogP contribution in [0, 0.1) is 0 Å². The van der Waals surface area contributed by atoms with Gasteiger partial charge in [-0.2, -0.15) is 0 Å². The van der Waals surface area contributed by atoms with Crippen molar-refractivity contribution >= 4 is 15.8 Å². The lowest BCUT2D eigenvalue weighted by Gasteiger charge is -2.26. The van der Waals surface area contributed by atoms with Gasteiger partial charge in [0.1, 0.15) is 5.75 Å². The molecule has 0 spiro atoms.